The largest absolute Gasteiger partial charge is 0.394 e. The molecule has 3 atom stereocenters. The van der Waals surface area contributed by atoms with Gasteiger partial charge in [0.25, 0.3) is 0 Å². The number of rotatable bonds is 50. The Bertz CT molecular complexity index is 947. The summed E-state index contributed by atoms with van der Waals surface area (Å²) in [6.45, 7) is 4.16. The molecule has 0 saturated heterocycles. The lowest BCUT2D eigenvalue weighted by Gasteiger charge is -2.21. The molecular formula is C56H107NO4. The molecular weight excluding hydrogens is 751 g/mol. The lowest BCUT2D eigenvalue weighted by molar-refractivity contribution is -0.131. The Morgan fingerprint density at radius 2 is 0.672 bits per heavy atom. The average molecular weight is 858 g/mol. The van der Waals surface area contributed by atoms with E-state index in [1.165, 1.54) is 231 Å². The molecule has 1 amide bonds. The molecule has 0 fully saturated rings. The fourth-order valence-corrected chi connectivity index (χ4v) is 8.43. The fourth-order valence-electron chi connectivity index (χ4n) is 8.43. The van der Waals surface area contributed by atoms with Gasteiger partial charge in [-0.05, 0) is 57.8 Å². The van der Waals surface area contributed by atoms with Gasteiger partial charge < -0.3 is 20.6 Å². The van der Waals surface area contributed by atoms with Gasteiger partial charge in [-0.2, -0.15) is 0 Å². The minimum Gasteiger partial charge on any atom is -0.394 e. The van der Waals surface area contributed by atoms with Crippen molar-refractivity contribution >= 4 is 5.91 Å². The van der Waals surface area contributed by atoms with Crippen LogP contribution in [0, 0.1) is 0 Å². The van der Waals surface area contributed by atoms with Gasteiger partial charge in [-0.1, -0.05) is 269 Å². The van der Waals surface area contributed by atoms with E-state index in [1.54, 1.807) is 6.08 Å². The van der Waals surface area contributed by atoms with Crippen LogP contribution in [0.2, 0.25) is 0 Å². The number of nitrogens with one attached hydrogen (secondary N) is 1. The van der Waals surface area contributed by atoms with Gasteiger partial charge in [-0.25, -0.2) is 0 Å². The number of carbonyl (C=O) groups is 1. The highest BCUT2D eigenvalue weighted by molar-refractivity contribution is 5.80. The first-order valence-corrected chi connectivity index (χ1v) is 27.3. The van der Waals surface area contributed by atoms with Crippen molar-refractivity contribution in [1.29, 1.82) is 0 Å². The van der Waals surface area contributed by atoms with Crippen molar-refractivity contribution in [2.45, 2.75) is 308 Å². The van der Waals surface area contributed by atoms with E-state index in [0.29, 0.717) is 6.42 Å². The van der Waals surface area contributed by atoms with Crippen molar-refractivity contribution in [3.63, 3.8) is 0 Å². The Hall–Kier alpha value is -1.43. The number of aliphatic hydroxyl groups excluding tert-OH is 3. The molecule has 0 aromatic rings. The molecule has 0 aliphatic rings. The molecule has 0 rings (SSSR count). The van der Waals surface area contributed by atoms with Gasteiger partial charge in [0.2, 0.25) is 5.91 Å². The standard InChI is InChI=1S/C56H107NO4/c1-3-5-7-9-11-13-15-16-17-18-19-20-21-22-23-24-25-26-27-28-29-30-31-32-33-34-35-36-37-38-39-41-43-45-47-49-51-55(60)56(61)57-53(52-58)54(59)50-48-46-44-42-40-14-12-10-8-6-4-2/h26-27,40,42,48,50,53-55,58-60H,3-25,28-39,41,43-47,49,51-52H2,1-2H3,(H,57,61)/b27-26-,42-40+,50-48+. The maximum atomic E-state index is 12.5. The monoisotopic (exact) mass is 858 g/mol. The maximum absolute atomic E-state index is 12.5. The number of unbranched alkanes of at least 4 members (excludes halogenated alkanes) is 38. The van der Waals surface area contributed by atoms with Gasteiger partial charge in [0.05, 0.1) is 18.8 Å². The third-order valence-corrected chi connectivity index (χ3v) is 12.7. The second-order valence-electron chi connectivity index (χ2n) is 18.8. The Balaban J connectivity index is 3.46. The first-order chi connectivity index (χ1) is 30.1. The van der Waals surface area contributed by atoms with Crippen molar-refractivity contribution in [3.8, 4) is 0 Å². The van der Waals surface area contributed by atoms with Gasteiger partial charge in [-0.3, -0.25) is 4.79 Å². The minimum absolute atomic E-state index is 0.375. The number of carbonyl (C=O) groups excluding carboxylic acids is 1. The summed E-state index contributed by atoms with van der Waals surface area (Å²) in [4.78, 5) is 12.5. The Labute approximate surface area is 381 Å². The zero-order valence-corrected chi connectivity index (χ0v) is 41.1. The zero-order valence-electron chi connectivity index (χ0n) is 41.1. The lowest BCUT2D eigenvalue weighted by Crippen LogP contribution is -2.48. The highest BCUT2D eigenvalue weighted by atomic mass is 16.3. The van der Waals surface area contributed by atoms with E-state index in [1.807, 2.05) is 6.08 Å². The van der Waals surface area contributed by atoms with E-state index in [0.717, 1.165) is 38.5 Å². The van der Waals surface area contributed by atoms with E-state index in [4.69, 9.17) is 0 Å². The number of amides is 1. The molecule has 0 aliphatic heterocycles. The van der Waals surface area contributed by atoms with E-state index in [9.17, 15) is 20.1 Å². The second-order valence-corrected chi connectivity index (χ2v) is 18.8. The normalized spacial score (nSPS) is 13.6. The zero-order chi connectivity index (χ0) is 44.4. The predicted molar refractivity (Wildman–Crippen MR) is 268 cm³/mol. The molecule has 0 radical (unpaired) electrons. The van der Waals surface area contributed by atoms with Crippen LogP contribution in [0.5, 0.6) is 0 Å². The van der Waals surface area contributed by atoms with Crippen LogP contribution in [0.3, 0.4) is 0 Å². The summed E-state index contributed by atoms with van der Waals surface area (Å²) < 4.78 is 0. The first kappa shape index (κ1) is 59.6. The number of hydrogen-bond acceptors (Lipinski definition) is 4. The minimum atomic E-state index is -1.10. The Morgan fingerprint density at radius 3 is 1.00 bits per heavy atom. The van der Waals surface area contributed by atoms with Crippen LogP contribution in [0.25, 0.3) is 0 Å². The smallest absolute Gasteiger partial charge is 0.249 e. The average Bonchev–Trinajstić information content (AvgIpc) is 3.26. The van der Waals surface area contributed by atoms with Gasteiger partial charge in [-0.15, -0.1) is 0 Å². The molecule has 360 valence electrons. The SMILES string of the molecule is CCCCCCC/C=C/CC/C=C/C(O)C(CO)NC(=O)C(O)CCCCCCCCCCCCCCCCCC/C=C\CCCCCCCCCCCCCCCCCC. The van der Waals surface area contributed by atoms with Crippen LogP contribution in [0.15, 0.2) is 36.5 Å². The highest BCUT2D eigenvalue weighted by Crippen LogP contribution is 2.17. The molecule has 0 saturated carbocycles. The van der Waals surface area contributed by atoms with E-state index in [2.05, 4.69) is 43.5 Å². The number of aliphatic hydroxyl groups is 3. The molecule has 0 aromatic carbocycles. The van der Waals surface area contributed by atoms with Crippen molar-refractivity contribution < 1.29 is 20.1 Å². The van der Waals surface area contributed by atoms with Crippen LogP contribution < -0.4 is 5.32 Å². The summed E-state index contributed by atoms with van der Waals surface area (Å²) in [6, 6.07) is -0.812. The van der Waals surface area contributed by atoms with Crippen molar-refractivity contribution in [2.75, 3.05) is 6.61 Å². The van der Waals surface area contributed by atoms with Crippen LogP contribution in [-0.2, 0) is 4.79 Å². The van der Waals surface area contributed by atoms with Gasteiger partial charge >= 0.3 is 0 Å². The molecule has 5 heteroatoms. The molecule has 0 heterocycles. The van der Waals surface area contributed by atoms with Crippen molar-refractivity contribution in [3.05, 3.63) is 36.5 Å². The second kappa shape index (κ2) is 51.2. The summed E-state index contributed by atoms with van der Waals surface area (Å²) in [6.07, 6.45) is 66.8. The maximum Gasteiger partial charge on any atom is 0.249 e. The molecule has 61 heavy (non-hydrogen) atoms. The first-order valence-electron chi connectivity index (χ1n) is 27.3. The lowest BCUT2D eigenvalue weighted by atomic mass is 10.0. The van der Waals surface area contributed by atoms with E-state index < -0.39 is 24.2 Å². The summed E-state index contributed by atoms with van der Waals surface area (Å²) in [7, 11) is 0. The van der Waals surface area contributed by atoms with Gasteiger partial charge in [0.1, 0.15) is 6.10 Å². The van der Waals surface area contributed by atoms with E-state index >= 15 is 0 Å². The fraction of sp³-hybridized carbons (Fsp3) is 0.875. The molecule has 5 nitrogen and oxygen atoms in total. The van der Waals surface area contributed by atoms with Crippen molar-refractivity contribution in [2.24, 2.45) is 0 Å². The van der Waals surface area contributed by atoms with Crippen LogP contribution in [0.4, 0.5) is 0 Å². The molecule has 4 N–H and O–H groups in total. The Morgan fingerprint density at radius 1 is 0.393 bits per heavy atom. The van der Waals surface area contributed by atoms with Crippen LogP contribution in [0.1, 0.15) is 290 Å². The molecule has 0 spiro atoms. The van der Waals surface area contributed by atoms with Crippen LogP contribution in [-0.4, -0.2) is 46.1 Å². The summed E-state index contributed by atoms with van der Waals surface area (Å²) in [5, 5.41) is 33.1. The summed E-state index contributed by atoms with van der Waals surface area (Å²) >= 11 is 0. The van der Waals surface area contributed by atoms with Crippen LogP contribution >= 0.6 is 0 Å². The van der Waals surface area contributed by atoms with Crippen molar-refractivity contribution in [1.82, 2.24) is 5.32 Å². The summed E-state index contributed by atoms with van der Waals surface area (Å²) in [5.41, 5.74) is 0. The molecule has 0 aliphatic carbocycles. The number of allylic oxidation sites excluding steroid dienone is 5. The highest BCUT2D eigenvalue weighted by Gasteiger charge is 2.22. The third-order valence-electron chi connectivity index (χ3n) is 12.7. The van der Waals surface area contributed by atoms with Gasteiger partial charge in [0.15, 0.2) is 0 Å². The Kier molecular flexibility index (Phi) is 50.0. The van der Waals surface area contributed by atoms with E-state index in [-0.39, 0.29) is 6.61 Å². The quantitative estimate of drug-likeness (QED) is 0.0362. The number of hydrogen-bond donors (Lipinski definition) is 4. The molecule has 0 bridgehead atoms. The molecule has 3 unspecified atom stereocenters. The van der Waals surface area contributed by atoms with Gasteiger partial charge in [0, 0.05) is 0 Å². The third kappa shape index (κ3) is 46.4. The topological polar surface area (TPSA) is 89.8 Å². The molecule has 0 aromatic heterocycles. The summed E-state index contributed by atoms with van der Waals surface area (Å²) in [5.74, 6) is -0.512. The predicted octanol–water partition coefficient (Wildman–Crippen LogP) is 16.7.